The van der Waals surface area contributed by atoms with Crippen LogP contribution >= 0.6 is 0 Å². The van der Waals surface area contributed by atoms with E-state index in [1.54, 1.807) is 33.6 Å². The first-order valence-electron chi connectivity index (χ1n) is 9.81. The molecule has 2 aromatic carbocycles. The van der Waals surface area contributed by atoms with E-state index in [9.17, 15) is 14.3 Å². The molecule has 1 atom stereocenters. The van der Waals surface area contributed by atoms with Crippen LogP contribution < -0.4 is 5.69 Å². The van der Waals surface area contributed by atoms with Gasteiger partial charge in [0, 0.05) is 24.2 Å². The van der Waals surface area contributed by atoms with E-state index >= 15 is 0 Å². The zero-order valence-corrected chi connectivity index (χ0v) is 16.1. The van der Waals surface area contributed by atoms with E-state index in [-0.39, 0.29) is 24.9 Å². The molecule has 0 bridgehead atoms. The molecule has 5 rings (SSSR count). The van der Waals surface area contributed by atoms with Gasteiger partial charge in [0.15, 0.2) is 0 Å². The van der Waals surface area contributed by atoms with Crippen LogP contribution in [-0.4, -0.2) is 29.2 Å². The summed E-state index contributed by atoms with van der Waals surface area (Å²) < 4.78 is 19.3. The maximum Gasteiger partial charge on any atom is 0.351 e. The number of fused-ring (bicyclic) bond motifs is 1. The number of aliphatic hydroxyl groups is 1. The lowest BCUT2D eigenvalue weighted by molar-refractivity contribution is 0.269. The molecule has 3 heterocycles. The molecule has 0 aliphatic carbocycles. The lowest BCUT2D eigenvalue weighted by Gasteiger charge is -2.12. The van der Waals surface area contributed by atoms with Gasteiger partial charge in [-0.2, -0.15) is 9.78 Å². The maximum atomic E-state index is 14.8. The standard InChI is InChI=1S/C22H20FN5O2/c23-19-12-17(7-6-16(19)13-26-18(14-29)10-11-24-26)28-22(30)27-20(8-9-21(27)25-28)15-4-2-1-3-5-15/h1-7,10-12,20,29H,8-9,13-14H2. The molecule has 1 aliphatic heterocycles. The fraction of sp³-hybridized carbons (Fsp3) is 0.227. The normalized spacial score (nSPS) is 15.5. The molecule has 30 heavy (non-hydrogen) atoms. The zero-order valence-electron chi connectivity index (χ0n) is 16.1. The summed E-state index contributed by atoms with van der Waals surface area (Å²) in [4.78, 5) is 13.1. The minimum Gasteiger partial charge on any atom is -0.390 e. The van der Waals surface area contributed by atoms with Crippen molar-refractivity contribution < 1.29 is 9.50 Å². The molecule has 0 saturated carbocycles. The molecule has 1 unspecified atom stereocenters. The van der Waals surface area contributed by atoms with Crippen molar-refractivity contribution in [2.45, 2.75) is 32.0 Å². The topological polar surface area (TPSA) is 77.9 Å². The summed E-state index contributed by atoms with van der Waals surface area (Å²) in [5, 5.41) is 17.9. The fourth-order valence-corrected chi connectivity index (χ4v) is 4.05. The fourth-order valence-electron chi connectivity index (χ4n) is 4.05. The second-order valence-electron chi connectivity index (χ2n) is 7.36. The average molecular weight is 405 g/mol. The summed E-state index contributed by atoms with van der Waals surface area (Å²) in [5.41, 5.74) is 2.21. The molecular weight excluding hydrogens is 385 g/mol. The predicted molar refractivity (Wildman–Crippen MR) is 108 cm³/mol. The number of benzene rings is 2. The molecule has 1 N–H and O–H groups in total. The third kappa shape index (κ3) is 3.05. The van der Waals surface area contributed by atoms with E-state index in [1.807, 2.05) is 30.3 Å². The summed E-state index contributed by atoms with van der Waals surface area (Å²) in [6.45, 7) is 0.0254. The van der Waals surface area contributed by atoms with Crippen molar-refractivity contribution in [3.63, 3.8) is 0 Å². The summed E-state index contributed by atoms with van der Waals surface area (Å²) in [5.74, 6) is 0.258. The van der Waals surface area contributed by atoms with Crippen molar-refractivity contribution >= 4 is 0 Å². The highest BCUT2D eigenvalue weighted by atomic mass is 19.1. The Kier molecular flexibility index (Phi) is 4.55. The Hall–Kier alpha value is -3.52. The van der Waals surface area contributed by atoms with Crippen LogP contribution in [0.15, 0.2) is 65.6 Å². The Morgan fingerprint density at radius 3 is 2.73 bits per heavy atom. The largest absolute Gasteiger partial charge is 0.390 e. The van der Waals surface area contributed by atoms with Gasteiger partial charge in [-0.3, -0.25) is 9.25 Å². The minimum atomic E-state index is -0.452. The monoisotopic (exact) mass is 405 g/mol. The Labute approximate surface area is 171 Å². The Morgan fingerprint density at radius 1 is 1.13 bits per heavy atom. The highest BCUT2D eigenvalue weighted by Gasteiger charge is 2.29. The average Bonchev–Trinajstić information content (AvgIpc) is 3.47. The highest BCUT2D eigenvalue weighted by molar-refractivity contribution is 5.35. The van der Waals surface area contributed by atoms with Crippen LogP contribution in [0.25, 0.3) is 5.69 Å². The summed E-state index contributed by atoms with van der Waals surface area (Å²) in [6, 6.07) is 16.1. The Bertz CT molecular complexity index is 1260. The highest BCUT2D eigenvalue weighted by Crippen LogP contribution is 2.29. The lowest BCUT2D eigenvalue weighted by Crippen LogP contribution is -2.26. The number of aryl methyl sites for hydroxylation is 1. The van der Waals surface area contributed by atoms with E-state index in [4.69, 9.17) is 0 Å². The van der Waals surface area contributed by atoms with Gasteiger partial charge in [-0.25, -0.2) is 9.18 Å². The van der Waals surface area contributed by atoms with Crippen LogP contribution in [-0.2, 0) is 19.6 Å². The van der Waals surface area contributed by atoms with Gasteiger partial charge in [-0.05, 0) is 24.1 Å². The molecule has 0 spiro atoms. The van der Waals surface area contributed by atoms with Crippen LogP contribution in [0.1, 0.15) is 35.1 Å². The van der Waals surface area contributed by atoms with Crippen LogP contribution in [0.2, 0.25) is 0 Å². The minimum absolute atomic E-state index is 0.0525. The van der Waals surface area contributed by atoms with Crippen molar-refractivity contribution in [2.24, 2.45) is 0 Å². The molecule has 0 radical (unpaired) electrons. The third-order valence-corrected chi connectivity index (χ3v) is 5.59. The quantitative estimate of drug-likeness (QED) is 0.553. The molecule has 8 heteroatoms. The number of halogens is 1. The second-order valence-corrected chi connectivity index (χ2v) is 7.36. The van der Waals surface area contributed by atoms with Gasteiger partial charge in [0.2, 0.25) is 0 Å². The van der Waals surface area contributed by atoms with Gasteiger partial charge >= 0.3 is 5.69 Å². The number of aromatic nitrogens is 5. The lowest BCUT2D eigenvalue weighted by atomic mass is 10.1. The molecule has 0 saturated heterocycles. The number of aliphatic hydroxyl groups excluding tert-OH is 1. The molecule has 0 fully saturated rings. The Morgan fingerprint density at radius 2 is 1.97 bits per heavy atom. The van der Waals surface area contributed by atoms with Crippen molar-refractivity contribution in [3.05, 3.63) is 99.7 Å². The van der Waals surface area contributed by atoms with Crippen LogP contribution in [0.5, 0.6) is 0 Å². The molecule has 2 aromatic heterocycles. The third-order valence-electron chi connectivity index (χ3n) is 5.59. The van der Waals surface area contributed by atoms with E-state index in [0.29, 0.717) is 29.2 Å². The van der Waals surface area contributed by atoms with E-state index in [1.165, 1.54) is 10.7 Å². The Balaban J connectivity index is 1.47. The number of nitrogens with zero attached hydrogens (tertiary/aromatic N) is 5. The first kappa shape index (κ1) is 18.5. The maximum absolute atomic E-state index is 14.8. The van der Waals surface area contributed by atoms with E-state index in [0.717, 1.165) is 12.0 Å². The number of hydrogen-bond donors (Lipinski definition) is 1. The summed E-state index contributed by atoms with van der Waals surface area (Å²) in [7, 11) is 0. The van der Waals surface area contributed by atoms with Crippen molar-refractivity contribution in [3.8, 4) is 5.69 Å². The first-order valence-corrected chi connectivity index (χ1v) is 9.81. The number of rotatable bonds is 5. The van der Waals surface area contributed by atoms with Gasteiger partial charge in [-0.1, -0.05) is 36.4 Å². The summed E-state index contributed by atoms with van der Waals surface area (Å²) in [6.07, 6.45) is 3.09. The van der Waals surface area contributed by atoms with Crippen LogP contribution in [0.3, 0.4) is 0 Å². The summed E-state index contributed by atoms with van der Waals surface area (Å²) >= 11 is 0. The molecule has 4 aromatic rings. The zero-order chi connectivity index (χ0) is 20.7. The van der Waals surface area contributed by atoms with E-state index < -0.39 is 5.82 Å². The van der Waals surface area contributed by atoms with Gasteiger partial charge in [0.25, 0.3) is 0 Å². The SMILES string of the molecule is O=c1n(-c2ccc(Cn3nccc3CO)c(F)c2)nc2n1C(c1ccccc1)CC2. The van der Waals surface area contributed by atoms with Gasteiger partial charge in [0.05, 0.1) is 30.6 Å². The molecule has 1 aliphatic rings. The van der Waals surface area contributed by atoms with E-state index in [2.05, 4.69) is 10.2 Å². The molecule has 152 valence electrons. The second kappa shape index (κ2) is 7.38. The van der Waals surface area contributed by atoms with Crippen molar-refractivity contribution in [1.82, 2.24) is 24.1 Å². The number of hydrogen-bond acceptors (Lipinski definition) is 4. The molecular formula is C22H20FN5O2. The smallest absolute Gasteiger partial charge is 0.351 e. The van der Waals surface area contributed by atoms with Crippen LogP contribution in [0.4, 0.5) is 4.39 Å². The van der Waals surface area contributed by atoms with Gasteiger partial charge in [-0.15, -0.1) is 5.10 Å². The van der Waals surface area contributed by atoms with Crippen molar-refractivity contribution in [2.75, 3.05) is 0 Å². The van der Waals surface area contributed by atoms with Crippen LogP contribution in [0, 0.1) is 5.82 Å². The molecule has 0 amide bonds. The van der Waals surface area contributed by atoms with Gasteiger partial charge in [0.1, 0.15) is 11.6 Å². The van der Waals surface area contributed by atoms with Crippen molar-refractivity contribution in [1.29, 1.82) is 0 Å². The molecule has 7 nitrogen and oxygen atoms in total. The van der Waals surface area contributed by atoms with Gasteiger partial charge < -0.3 is 5.11 Å². The predicted octanol–water partition coefficient (Wildman–Crippen LogP) is 2.45. The first-order chi connectivity index (χ1) is 14.7.